The van der Waals surface area contributed by atoms with Gasteiger partial charge in [-0.1, -0.05) is 6.07 Å². The van der Waals surface area contributed by atoms with Gasteiger partial charge in [0.1, 0.15) is 17.2 Å². The average molecular weight is 373 g/mol. The van der Waals surface area contributed by atoms with Crippen molar-refractivity contribution in [2.24, 2.45) is 0 Å². The van der Waals surface area contributed by atoms with Crippen molar-refractivity contribution < 1.29 is 31.5 Å². The Labute approximate surface area is 143 Å². The van der Waals surface area contributed by atoms with Crippen LogP contribution in [0.25, 0.3) is 0 Å². The highest BCUT2D eigenvalue weighted by Crippen LogP contribution is 2.32. The molecule has 3 rings (SSSR count). The van der Waals surface area contributed by atoms with E-state index in [4.69, 9.17) is 4.74 Å². The largest absolute Gasteiger partial charge is 0.452 e. The molecular formula is C16H17F2NO5S. The van der Waals surface area contributed by atoms with Crippen LogP contribution in [-0.4, -0.2) is 55.4 Å². The zero-order chi connectivity index (χ0) is 18.2. The molecule has 0 unspecified atom stereocenters. The van der Waals surface area contributed by atoms with Crippen molar-refractivity contribution in [1.29, 1.82) is 0 Å². The van der Waals surface area contributed by atoms with Gasteiger partial charge in [-0.2, -0.15) is 0 Å². The highest BCUT2D eigenvalue weighted by Gasteiger charge is 2.42. The minimum atomic E-state index is -3.17. The lowest BCUT2D eigenvalue weighted by Crippen LogP contribution is -2.44. The number of amides is 1. The number of hydrogen-bond acceptors (Lipinski definition) is 5. The predicted molar refractivity (Wildman–Crippen MR) is 83.6 cm³/mol. The summed E-state index contributed by atoms with van der Waals surface area (Å²) in [5, 5.41) is 0. The third-order valence-corrected chi connectivity index (χ3v) is 6.07. The Kier molecular flexibility index (Phi) is 4.77. The molecule has 1 saturated heterocycles. The second-order valence-electron chi connectivity index (χ2n) is 6.26. The fraction of sp³-hybridized carbons (Fsp3) is 0.500. The van der Waals surface area contributed by atoms with Crippen LogP contribution in [0.3, 0.4) is 0 Å². The Balaban J connectivity index is 1.65. The van der Waals surface area contributed by atoms with Gasteiger partial charge in [-0.15, -0.1) is 0 Å². The number of halogens is 2. The van der Waals surface area contributed by atoms with E-state index in [1.54, 1.807) is 0 Å². The molecule has 1 atom stereocenters. The van der Waals surface area contributed by atoms with Crippen molar-refractivity contribution in [3.05, 3.63) is 35.4 Å². The minimum Gasteiger partial charge on any atom is -0.452 e. The van der Waals surface area contributed by atoms with Crippen LogP contribution >= 0.6 is 0 Å². The van der Waals surface area contributed by atoms with Crippen molar-refractivity contribution in [3.8, 4) is 0 Å². The van der Waals surface area contributed by atoms with Crippen molar-refractivity contribution in [2.75, 3.05) is 18.1 Å². The Morgan fingerprint density at radius 2 is 1.76 bits per heavy atom. The quantitative estimate of drug-likeness (QED) is 0.727. The van der Waals surface area contributed by atoms with Crippen LogP contribution in [0.2, 0.25) is 0 Å². The Morgan fingerprint density at radius 3 is 2.28 bits per heavy atom. The molecule has 6 nitrogen and oxygen atoms in total. The molecule has 136 valence electrons. The summed E-state index contributed by atoms with van der Waals surface area (Å²) in [6.45, 7) is -0.681. The Morgan fingerprint density at radius 1 is 1.12 bits per heavy atom. The highest BCUT2D eigenvalue weighted by atomic mass is 32.2. The van der Waals surface area contributed by atoms with Gasteiger partial charge in [0, 0.05) is 12.1 Å². The normalized spacial score (nSPS) is 21.8. The van der Waals surface area contributed by atoms with Gasteiger partial charge in [0.05, 0.1) is 11.5 Å². The molecule has 2 aliphatic rings. The van der Waals surface area contributed by atoms with Gasteiger partial charge in [0.25, 0.3) is 5.91 Å². The molecule has 1 aliphatic heterocycles. The summed E-state index contributed by atoms with van der Waals surface area (Å²) in [7, 11) is -3.17. The molecule has 0 radical (unpaired) electrons. The molecule has 1 aromatic rings. The molecule has 0 N–H and O–H groups in total. The first-order valence-electron chi connectivity index (χ1n) is 7.91. The lowest BCUT2D eigenvalue weighted by atomic mass is 10.2. The van der Waals surface area contributed by atoms with E-state index in [2.05, 4.69) is 0 Å². The van der Waals surface area contributed by atoms with Gasteiger partial charge in [-0.25, -0.2) is 22.0 Å². The van der Waals surface area contributed by atoms with Gasteiger partial charge in [0.2, 0.25) is 0 Å². The van der Waals surface area contributed by atoms with Gasteiger partial charge in [-0.3, -0.25) is 4.79 Å². The highest BCUT2D eigenvalue weighted by molar-refractivity contribution is 7.91. The van der Waals surface area contributed by atoms with Crippen LogP contribution in [0.1, 0.15) is 29.6 Å². The maximum atomic E-state index is 13.6. The third kappa shape index (κ3) is 3.97. The van der Waals surface area contributed by atoms with Crippen molar-refractivity contribution >= 4 is 21.7 Å². The van der Waals surface area contributed by atoms with Crippen LogP contribution in [0.5, 0.6) is 0 Å². The fourth-order valence-corrected chi connectivity index (χ4v) is 4.73. The minimum absolute atomic E-state index is 0.0222. The lowest BCUT2D eigenvalue weighted by molar-refractivity contribution is -0.137. The van der Waals surface area contributed by atoms with E-state index in [0.717, 1.165) is 31.0 Å². The van der Waals surface area contributed by atoms with Crippen LogP contribution < -0.4 is 0 Å². The summed E-state index contributed by atoms with van der Waals surface area (Å²) >= 11 is 0. The summed E-state index contributed by atoms with van der Waals surface area (Å²) in [6, 6.07) is 2.45. The number of carbonyl (C=O) groups excluding carboxylic acids is 2. The summed E-state index contributed by atoms with van der Waals surface area (Å²) in [6.07, 6.45) is 1.87. The molecule has 1 saturated carbocycles. The number of hydrogen-bond donors (Lipinski definition) is 0. The van der Waals surface area contributed by atoms with Crippen LogP contribution in [-0.2, 0) is 19.4 Å². The first-order chi connectivity index (χ1) is 11.8. The fourth-order valence-electron chi connectivity index (χ4n) is 3.02. The smallest absolute Gasteiger partial charge is 0.344 e. The average Bonchev–Trinajstić information content (AvgIpc) is 3.29. The molecular weight excluding hydrogens is 356 g/mol. The van der Waals surface area contributed by atoms with Crippen LogP contribution in [0.15, 0.2) is 18.2 Å². The van der Waals surface area contributed by atoms with Gasteiger partial charge >= 0.3 is 5.97 Å². The van der Waals surface area contributed by atoms with Crippen LogP contribution in [0.4, 0.5) is 8.78 Å². The van der Waals surface area contributed by atoms with E-state index in [0.29, 0.717) is 6.42 Å². The third-order valence-electron chi connectivity index (χ3n) is 4.32. The maximum Gasteiger partial charge on any atom is 0.344 e. The summed E-state index contributed by atoms with van der Waals surface area (Å²) in [4.78, 5) is 25.7. The van der Waals surface area contributed by atoms with Gasteiger partial charge in [-0.05, 0) is 31.4 Å². The molecule has 0 spiro atoms. The van der Waals surface area contributed by atoms with E-state index in [1.165, 1.54) is 4.90 Å². The molecule has 0 bridgehead atoms. The van der Waals surface area contributed by atoms with E-state index in [9.17, 15) is 26.8 Å². The Bertz CT molecular complexity index is 786. The number of sulfone groups is 1. The molecule has 1 amide bonds. The van der Waals surface area contributed by atoms with Crippen molar-refractivity contribution in [1.82, 2.24) is 4.90 Å². The monoisotopic (exact) mass is 373 g/mol. The van der Waals surface area contributed by atoms with E-state index in [1.807, 2.05) is 0 Å². The van der Waals surface area contributed by atoms with Crippen molar-refractivity contribution in [2.45, 2.75) is 31.3 Å². The second kappa shape index (κ2) is 6.70. The lowest BCUT2D eigenvalue weighted by Gasteiger charge is -2.28. The molecule has 2 fully saturated rings. The zero-order valence-corrected chi connectivity index (χ0v) is 14.1. The number of carbonyl (C=O) groups is 2. The van der Waals surface area contributed by atoms with E-state index >= 15 is 0 Å². The molecule has 0 aromatic heterocycles. The molecule has 1 aliphatic carbocycles. The summed E-state index contributed by atoms with van der Waals surface area (Å²) < 4.78 is 55.1. The van der Waals surface area contributed by atoms with Gasteiger partial charge in [0.15, 0.2) is 16.4 Å². The number of ether oxygens (including phenoxy) is 1. The number of esters is 1. The molecule has 1 heterocycles. The molecule has 1 aromatic carbocycles. The van der Waals surface area contributed by atoms with Crippen LogP contribution in [0, 0.1) is 11.6 Å². The van der Waals surface area contributed by atoms with Crippen molar-refractivity contribution in [3.63, 3.8) is 0 Å². The number of rotatable bonds is 5. The summed E-state index contributed by atoms with van der Waals surface area (Å²) in [5.41, 5.74) is -0.850. The zero-order valence-electron chi connectivity index (χ0n) is 13.3. The first kappa shape index (κ1) is 17.8. The molecule has 9 heteroatoms. The molecule has 25 heavy (non-hydrogen) atoms. The SMILES string of the molecule is O=C(OCC(=O)N(C1CC1)[C@@H]1CCS(=O)(=O)C1)c1c(F)cccc1F. The first-order valence-corrected chi connectivity index (χ1v) is 9.73. The predicted octanol–water partition coefficient (Wildman–Crippen LogP) is 1.30. The van der Waals surface area contributed by atoms with E-state index < -0.39 is 51.6 Å². The number of nitrogens with zero attached hydrogens (tertiary/aromatic N) is 1. The topological polar surface area (TPSA) is 80.8 Å². The summed E-state index contributed by atoms with van der Waals surface area (Å²) in [5.74, 6) is -4.04. The Hall–Kier alpha value is -2.03. The maximum absolute atomic E-state index is 13.6. The standard InChI is InChI=1S/C16H17F2NO5S/c17-12-2-1-3-13(18)15(12)16(21)24-8-14(20)19(10-4-5-10)11-6-7-25(22,23)9-11/h1-3,10-11H,4-9H2/t11-/m1/s1. The van der Waals surface area contributed by atoms with Gasteiger partial charge < -0.3 is 9.64 Å². The number of benzene rings is 1. The van der Waals surface area contributed by atoms with E-state index in [-0.39, 0.29) is 17.5 Å². The second-order valence-corrected chi connectivity index (χ2v) is 8.49.